The second-order valence-electron chi connectivity index (χ2n) is 6.86. The van der Waals surface area contributed by atoms with E-state index in [2.05, 4.69) is 15.6 Å². The first kappa shape index (κ1) is 21.8. The molecule has 0 unspecified atom stereocenters. The van der Waals surface area contributed by atoms with Crippen LogP contribution in [0.3, 0.4) is 0 Å². The van der Waals surface area contributed by atoms with Gasteiger partial charge in [0, 0.05) is 31.0 Å². The Bertz CT molecular complexity index is 1020. The molecule has 1 aromatic heterocycles. The van der Waals surface area contributed by atoms with Crippen molar-refractivity contribution in [2.45, 2.75) is 19.4 Å². The first-order valence-corrected chi connectivity index (χ1v) is 9.87. The van der Waals surface area contributed by atoms with Crippen molar-refractivity contribution < 1.29 is 19.1 Å². The Morgan fingerprint density at radius 1 is 0.935 bits per heavy atom. The number of amides is 2. The van der Waals surface area contributed by atoms with Crippen molar-refractivity contribution >= 4 is 17.5 Å². The summed E-state index contributed by atoms with van der Waals surface area (Å²) in [6.45, 7) is 0.418. The maximum absolute atomic E-state index is 12.2. The number of nitrogens with one attached hydrogen (secondary N) is 2. The number of anilines is 1. The molecule has 0 aliphatic heterocycles. The predicted molar refractivity (Wildman–Crippen MR) is 118 cm³/mol. The van der Waals surface area contributed by atoms with E-state index in [1.807, 2.05) is 30.3 Å². The van der Waals surface area contributed by atoms with Crippen LogP contribution in [0, 0.1) is 0 Å². The standard InChI is InChI=1S/C24H25N3O4/c1-30-21-11-7-17(14-22(21)31-2)8-12-23(28)26-15-18-5-9-20(10-6-18)27-24(29)19-4-3-13-25-16-19/h3-7,9-11,13-14,16H,8,12,15H2,1-2H3,(H,26,28)(H,27,29). The Balaban J connectivity index is 1.45. The first-order valence-electron chi connectivity index (χ1n) is 9.87. The van der Waals surface area contributed by atoms with Crippen LogP contribution in [-0.4, -0.2) is 31.0 Å². The number of carbonyl (C=O) groups is 2. The lowest BCUT2D eigenvalue weighted by atomic mass is 10.1. The quantitative estimate of drug-likeness (QED) is 0.553. The Kier molecular flexibility index (Phi) is 7.59. The molecule has 0 radical (unpaired) electrons. The minimum Gasteiger partial charge on any atom is -0.493 e. The van der Waals surface area contributed by atoms with Crippen molar-refractivity contribution in [2.24, 2.45) is 0 Å². The molecule has 0 aliphatic carbocycles. The molecule has 0 saturated carbocycles. The smallest absolute Gasteiger partial charge is 0.257 e. The van der Waals surface area contributed by atoms with E-state index >= 15 is 0 Å². The molecular formula is C24H25N3O4. The van der Waals surface area contributed by atoms with Crippen LogP contribution in [0.2, 0.25) is 0 Å². The highest BCUT2D eigenvalue weighted by Crippen LogP contribution is 2.27. The Hall–Kier alpha value is -3.87. The number of aromatic nitrogens is 1. The van der Waals surface area contributed by atoms with E-state index in [4.69, 9.17) is 9.47 Å². The van der Waals surface area contributed by atoms with Gasteiger partial charge in [0.25, 0.3) is 5.91 Å². The molecule has 0 saturated heterocycles. The van der Waals surface area contributed by atoms with Gasteiger partial charge in [-0.3, -0.25) is 14.6 Å². The average molecular weight is 419 g/mol. The molecule has 0 bridgehead atoms. The van der Waals surface area contributed by atoms with E-state index in [0.29, 0.717) is 42.1 Å². The SMILES string of the molecule is COc1ccc(CCC(=O)NCc2ccc(NC(=O)c3cccnc3)cc2)cc1OC. The maximum atomic E-state index is 12.2. The molecule has 2 aromatic carbocycles. The first-order chi connectivity index (χ1) is 15.1. The van der Waals surface area contributed by atoms with E-state index in [1.54, 1.807) is 44.7 Å². The van der Waals surface area contributed by atoms with Crippen LogP contribution in [0.25, 0.3) is 0 Å². The van der Waals surface area contributed by atoms with Crippen LogP contribution >= 0.6 is 0 Å². The molecule has 3 aromatic rings. The van der Waals surface area contributed by atoms with Gasteiger partial charge in [-0.25, -0.2) is 0 Å². The van der Waals surface area contributed by atoms with E-state index < -0.39 is 0 Å². The van der Waals surface area contributed by atoms with Gasteiger partial charge in [-0.1, -0.05) is 18.2 Å². The molecule has 2 amide bonds. The van der Waals surface area contributed by atoms with E-state index in [1.165, 1.54) is 6.20 Å². The van der Waals surface area contributed by atoms with Gasteiger partial charge in [0.1, 0.15) is 0 Å². The van der Waals surface area contributed by atoms with Crippen LogP contribution in [0.15, 0.2) is 67.0 Å². The van der Waals surface area contributed by atoms with Gasteiger partial charge in [-0.2, -0.15) is 0 Å². The van der Waals surface area contributed by atoms with Crippen molar-refractivity contribution in [1.82, 2.24) is 10.3 Å². The van der Waals surface area contributed by atoms with Crippen LogP contribution in [0.4, 0.5) is 5.69 Å². The number of benzene rings is 2. The largest absolute Gasteiger partial charge is 0.493 e. The Labute approximate surface area is 181 Å². The summed E-state index contributed by atoms with van der Waals surface area (Å²) in [6, 6.07) is 16.4. The second-order valence-corrected chi connectivity index (χ2v) is 6.86. The van der Waals surface area contributed by atoms with Gasteiger partial charge in [0.05, 0.1) is 19.8 Å². The highest BCUT2D eigenvalue weighted by molar-refractivity contribution is 6.04. The summed E-state index contributed by atoms with van der Waals surface area (Å²) in [7, 11) is 3.18. The van der Waals surface area contributed by atoms with Crippen molar-refractivity contribution in [3.05, 3.63) is 83.7 Å². The summed E-state index contributed by atoms with van der Waals surface area (Å²) in [6.07, 6.45) is 4.11. The molecule has 0 fully saturated rings. The molecule has 0 atom stereocenters. The Morgan fingerprint density at radius 3 is 2.35 bits per heavy atom. The zero-order valence-corrected chi connectivity index (χ0v) is 17.6. The molecule has 160 valence electrons. The van der Waals surface area contributed by atoms with Crippen LogP contribution < -0.4 is 20.1 Å². The molecular weight excluding hydrogens is 394 g/mol. The fourth-order valence-corrected chi connectivity index (χ4v) is 2.99. The van der Waals surface area contributed by atoms with Crippen LogP contribution in [0.1, 0.15) is 27.9 Å². The number of nitrogens with zero attached hydrogens (tertiary/aromatic N) is 1. The topological polar surface area (TPSA) is 89.6 Å². The number of carbonyl (C=O) groups excluding carboxylic acids is 2. The van der Waals surface area contributed by atoms with Gasteiger partial charge >= 0.3 is 0 Å². The fourth-order valence-electron chi connectivity index (χ4n) is 2.99. The van der Waals surface area contributed by atoms with E-state index in [-0.39, 0.29) is 11.8 Å². The lowest BCUT2D eigenvalue weighted by Gasteiger charge is -2.10. The summed E-state index contributed by atoms with van der Waals surface area (Å²) >= 11 is 0. The molecule has 3 rings (SSSR count). The highest BCUT2D eigenvalue weighted by Gasteiger charge is 2.08. The predicted octanol–water partition coefficient (Wildman–Crippen LogP) is 3.60. The summed E-state index contributed by atoms with van der Waals surface area (Å²) in [4.78, 5) is 28.3. The van der Waals surface area contributed by atoms with Crippen molar-refractivity contribution in [2.75, 3.05) is 19.5 Å². The minimum absolute atomic E-state index is 0.0382. The third-order valence-corrected chi connectivity index (χ3v) is 4.71. The normalized spacial score (nSPS) is 10.3. The van der Waals surface area contributed by atoms with E-state index in [0.717, 1.165) is 11.1 Å². The van der Waals surface area contributed by atoms with Crippen molar-refractivity contribution in [3.63, 3.8) is 0 Å². The van der Waals surface area contributed by atoms with Crippen LogP contribution in [-0.2, 0) is 17.8 Å². The van der Waals surface area contributed by atoms with Crippen molar-refractivity contribution in [3.8, 4) is 11.5 Å². The van der Waals surface area contributed by atoms with Gasteiger partial charge in [-0.15, -0.1) is 0 Å². The highest BCUT2D eigenvalue weighted by atomic mass is 16.5. The van der Waals surface area contributed by atoms with Crippen molar-refractivity contribution in [1.29, 1.82) is 0 Å². The van der Waals surface area contributed by atoms with E-state index in [9.17, 15) is 9.59 Å². The lowest BCUT2D eigenvalue weighted by Crippen LogP contribution is -2.23. The summed E-state index contributed by atoms with van der Waals surface area (Å²) in [5, 5.41) is 5.74. The lowest BCUT2D eigenvalue weighted by molar-refractivity contribution is -0.121. The number of ether oxygens (including phenoxy) is 2. The number of rotatable bonds is 9. The number of aryl methyl sites for hydroxylation is 1. The van der Waals surface area contributed by atoms with Gasteiger partial charge in [0.2, 0.25) is 5.91 Å². The zero-order valence-electron chi connectivity index (χ0n) is 17.6. The minimum atomic E-state index is -0.218. The Morgan fingerprint density at radius 2 is 1.68 bits per heavy atom. The van der Waals surface area contributed by atoms with Gasteiger partial charge in [0.15, 0.2) is 11.5 Å². The summed E-state index contributed by atoms with van der Waals surface area (Å²) < 4.78 is 10.5. The molecule has 2 N–H and O–H groups in total. The third-order valence-electron chi connectivity index (χ3n) is 4.71. The molecule has 7 heteroatoms. The third kappa shape index (κ3) is 6.30. The number of hydrogen-bond acceptors (Lipinski definition) is 5. The number of hydrogen-bond donors (Lipinski definition) is 2. The number of methoxy groups -OCH3 is 2. The molecule has 31 heavy (non-hydrogen) atoms. The summed E-state index contributed by atoms with van der Waals surface area (Å²) in [5.74, 6) is 1.06. The molecule has 0 aliphatic rings. The van der Waals surface area contributed by atoms with Gasteiger partial charge in [-0.05, 0) is 53.9 Å². The zero-order chi connectivity index (χ0) is 22.1. The maximum Gasteiger partial charge on any atom is 0.257 e. The van der Waals surface area contributed by atoms with Gasteiger partial charge < -0.3 is 20.1 Å². The molecule has 1 heterocycles. The summed E-state index contributed by atoms with van der Waals surface area (Å²) in [5.41, 5.74) is 3.12. The average Bonchev–Trinajstić information content (AvgIpc) is 2.82. The monoisotopic (exact) mass is 419 g/mol. The molecule has 7 nitrogen and oxygen atoms in total. The molecule has 0 spiro atoms. The fraction of sp³-hybridized carbons (Fsp3) is 0.208. The van der Waals surface area contributed by atoms with Crippen LogP contribution in [0.5, 0.6) is 11.5 Å². The number of pyridine rings is 1. The second kappa shape index (κ2) is 10.8.